The molecule has 2 unspecified atom stereocenters. The number of ether oxygens (including phenoxy) is 2. The van der Waals surface area contributed by atoms with Crippen LogP contribution in [0.1, 0.15) is 31.7 Å². The minimum absolute atomic E-state index is 0.000998. The van der Waals surface area contributed by atoms with Crippen molar-refractivity contribution >= 4 is 15.9 Å². The van der Waals surface area contributed by atoms with E-state index in [4.69, 9.17) is 9.47 Å². The van der Waals surface area contributed by atoms with Crippen molar-refractivity contribution in [3.05, 3.63) is 23.8 Å². The molecule has 2 atom stereocenters. The summed E-state index contributed by atoms with van der Waals surface area (Å²) in [5.41, 5.74) is 0.960. The number of nitrogens with one attached hydrogen (secondary N) is 1. The number of sulfonamides is 1. The van der Waals surface area contributed by atoms with Gasteiger partial charge in [0, 0.05) is 26.1 Å². The van der Waals surface area contributed by atoms with Crippen molar-refractivity contribution in [1.29, 1.82) is 0 Å². The Morgan fingerprint density at radius 3 is 2.77 bits per heavy atom. The van der Waals surface area contributed by atoms with Gasteiger partial charge in [0.2, 0.25) is 22.7 Å². The molecule has 1 aromatic carbocycles. The van der Waals surface area contributed by atoms with Gasteiger partial charge >= 0.3 is 0 Å². The van der Waals surface area contributed by atoms with Crippen LogP contribution in [0.15, 0.2) is 18.2 Å². The van der Waals surface area contributed by atoms with E-state index in [1.165, 1.54) is 10.6 Å². The average Bonchev–Trinajstić information content (AvgIpc) is 3.07. The number of fused-ring (bicyclic) bond motifs is 1. The second kappa shape index (κ2) is 7.84. The summed E-state index contributed by atoms with van der Waals surface area (Å²) in [6.07, 6.45) is 3.27. The Morgan fingerprint density at radius 2 is 2.04 bits per heavy atom. The summed E-state index contributed by atoms with van der Waals surface area (Å²) in [5.74, 6) is 1.86. The Balaban J connectivity index is 1.51. The molecule has 1 N–H and O–H groups in total. The molecule has 0 bridgehead atoms. The molecule has 1 fully saturated rings. The maximum atomic E-state index is 12.4. The fourth-order valence-corrected chi connectivity index (χ4v) is 4.54. The van der Waals surface area contributed by atoms with Gasteiger partial charge in [-0.3, -0.25) is 4.79 Å². The average molecular weight is 382 g/mol. The van der Waals surface area contributed by atoms with Crippen molar-refractivity contribution in [2.75, 3.05) is 26.1 Å². The van der Waals surface area contributed by atoms with Crippen molar-refractivity contribution in [2.45, 2.75) is 32.7 Å². The maximum Gasteiger partial charge on any atom is 0.231 e. The number of hydrogen-bond acceptors (Lipinski definition) is 5. The maximum absolute atomic E-state index is 12.4. The highest BCUT2D eigenvalue weighted by atomic mass is 32.2. The van der Waals surface area contributed by atoms with Gasteiger partial charge in [-0.2, -0.15) is 0 Å². The van der Waals surface area contributed by atoms with Crippen molar-refractivity contribution in [3.63, 3.8) is 0 Å². The van der Waals surface area contributed by atoms with Crippen LogP contribution in [0.2, 0.25) is 0 Å². The van der Waals surface area contributed by atoms with E-state index < -0.39 is 10.0 Å². The topological polar surface area (TPSA) is 84.9 Å². The standard InChI is InChI=1S/C18H26N2O5S/c1-3-14-11-20(26(2,22)23)7-6-15(14)9-18(21)19-10-13-4-5-16-17(8-13)25-12-24-16/h4-5,8,14-15H,3,6-7,9-12H2,1-2H3,(H,19,21). The largest absolute Gasteiger partial charge is 0.454 e. The molecule has 26 heavy (non-hydrogen) atoms. The number of rotatable bonds is 6. The fourth-order valence-electron chi connectivity index (χ4n) is 3.64. The highest BCUT2D eigenvalue weighted by Crippen LogP contribution is 2.33. The lowest BCUT2D eigenvalue weighted by atomic mass is 9.82. The predicted octanol–water partition coefficient (Wildman–Crippen LogP) is 1.73. The zero-order valence-corrected chi connectivity index (χ0v) is 16.0. The van der Waals surface area contributed by atoms with Crippen molar-refractivity contribution < 1.29 is 22.7 Å². The van der Waals surface area contributed by atoms with Gasteiger partial charge in [0.05, 0.1) is 6.26 Å². The van der Waals surface area contributed by atoms with Gasteiger partial charge in [0.1, 0.15) is 0 Å². The molecule has 7 nitrogen and oxygen atoms in total. The number of carbonyl (C=O) groups excluding carboxylic acids is 1. The zero-order valence-electron chi connectivity index (χ0n) is 15.2. The molecule has 2 aliphatic heterocycles. The molecular formula is C18H26N2O5S. The first kappa shape index (κ1) is 19.0. The number of hydrogen-bond donors (Lipinski definition) is 1. The Labute approximate surface area is 154 Å². The summed E-state index contributed by atoms with van der Waals surface area (Å²) >= 11 is 0. The van der Waals surface area contributed by atoms with Crippen LogP contribution in [-0.4, -0.2) is 44.8 Å². The zero-order chi connectivity index (χ0) is 18.7. The van der Waals surface area contributed by atoms with Gasteiger partial charge < -0.3 is 14.8 Å². The van der Waals surface area contributed by atoms with Crippen LogP contribution >= 0.6 is 0 Å². The molecule has 8 heteroatoms. The highest BCUT2D eigenvalue weighted by molar-refractivity contribution is 7.88. The summed E-state index contributed by atoms with van der Waals surface area (Å²) < 4.78 is 35.6. The first-order valence-electron chi connectivity index (χ1n) is 8.97. The third kappa shape index (κ3) is 4.48. The van der Waals surface area contributed by atoms with E-state index in [0.717, 1.165) is 24.2 Å². The van der Waals surface area contributed by atoms with E-state index in [9.17, 15) is 13.2 Å². The van der Waals surface area contributed by atoms with Crippen molar-refractivity contribution in [1.82, 2.24) is 9.62 Å². The molecule has 0 spiro atoms. The molecule has 0 saturated carbocycles. The van der Waals surface area contributed by atoms with Crippen LogP contribution in [0, 0.1) is 11.8 Å². The second-order valence-electron chi connectivity index (χ2n) is 7.01. The van der Waals surface area contributed by atoms with E-state index in [-0.39, 0.29) is 24.5 Å². The van der Waals surface area contributed by atoms with Crippen LogP contribution < -0.4 is 14.8 Å². The second-order valence-corrected chi connectivity index (χ2v) is 8.99. The molecule has 1 amide bonds. The summed E-state index contributed by atoms with van der Waals surface area (Å²) in [7, 11) is -3.16. The van der Waals surface area contributed by atoms with Crippen LogP contribution in [-0.2, 0) is 21.4 Å². The number of benzene rings is 1. The molecule has 2 heterocycles. The van der Waals surface area contributed by atoms with Crippen LogP contribution in [0.4, 0.5) is 0 Å². The van der Waals surface area contributed by atoms with E-state index in [1.807, 2.05) is 25.1 Å². The highest BCUT2D eigenvalue weighted by Gasteiger charge is 2.33. The van der Waals surface area contributed by atoms with Crippen LogP contribution in [0.3, 0.4) is 0 Å². The molecule has 144 valence electrons. The normalized spacial score (nSPS) is 23.0. The summed E-state index contributed by atoms with van der Waals surface area (Å²) in [6, 6.07) is 5.63. The molecule has 3 rings (SSSR count). The fraction of sp³-hybridized carbons (Fsp3) is 0.611. The Morgan fingerprint density at radius 1 is 1.27 bits per heavy atom. The molecular weight excluding hydrogens is 356 g/mol. The Bertz CT molecular complexity index is 765. The Hall–Kier alpha value is -1.80. The third-order valence-corrected chi connectivity index (χ3v) is 6.49. The lowest BCUT2D eigenvalue weighted by Crippen LogP contribution is -2.44. The number of amides is 1. The monoisotopic (exact) mass is 382 g/mol. The van der Waals surface area contributed by atoms with Crippen molar-refractivity contribution in [2.24, 2.45) is 11.8 Å². The first-order chi connectivity index (χ1) is 12.4. The van der Waals surface area contributed by atoms with E-state index in [2.05, 4.69) is 5.32 Å². The minimum atomic E-state index is -3.16. The molecule has 1 saturated heterocycles. The van der Waals surface area contributed by atoms with Gasteiger partial charge in [-0.1, -0.05) is 19.4 Å². The lowest BCUT2D eigenvalue weighted by Gasteiger charge is -2.36. The number of nitrogens with zero attached hydrogens (tertiary/aromatic N) is 1. The van der Waals surface area contributed by atoms with Gasteiger partial charge in [0.15, 0.2) is 11.5 Å². The SMILES string of the molecule is CCC1CN(S(C)(=O)=O)CCC1CC(=O)NCc1ccc2c(c1)OCO2. The van der Waals surface area contributed by atoms with E-state index in [0.29, 0.717) is 31.8 Å². The molecule has 1 aromatic rings. The number of carbonyl (C=O) groups is 1. The molecule has 0 aromatic heterocycles. The predicted molar refractivity (Wildman–Crippen MR) is 97.3 cm³/mol. The summed E-state index contributed by atoms with van der Waals surface area (Å²) in [5, 5.41) is 2.96. The van der Waals surface area contributed by atoms with E-state index in [1.54, 1.807) is 0 Å². The first-order valence-corrected chi connectivity index (χ1v) is 10.8. The van der Waals surface area contributed by atoms with Crippen molar-refractivity contribution in [3.8, 4) is 11.5 Å². The molecule has 0 radical (unpaired) electrons. The van der Waals surface area contributed by atoms with Gasteiger partial charge in [0.25, 0.3) is 0 Å². The minimum Gasteiger partial charge on any atom is -0.454 e. The van der Waals surface area contributed by atoms with Crippen LogP contribution in [0.5, 0.6) is 11.5 Å². The van der Waals surface area contributed by atoms with Gasteiger partial charge in [-0.05, 0) is 36.0 Å². The lowest BCUT2D eigenvalue weighted by molar-refractivity contribution is -0.122. The molecule has 2 aliphatic rings. The van der Waals surface area contributed by atoms with Crippen LogP contribution in [0.25, 0.3) is 0 Å². The summed E-state index contributed by atoms with van der Waals surface area (Å²) in [4.78, 5) is 12.4. The smallest absolute Gasteiger partial charge is 0.231 e. The Kier molecular flexibility index (Phi) is 5.72. The third-order valence-electron chi connectivity index (χ3n) is 5.22. The molecule has 0 aliphatic carbocycles. The number of piperidine rings is 1. The van der Waals surface area contributed by atoms with Gasteiger partial charge in [-0.25, -0.2) is 12.7 Å². The van der Waals surface area contributed by atoms with Gasteiger partial charge in [-0.15, -0.1) is 0 Å². The van der Waals surface area contributed by atoms with E-state index >= 15 is 0 Å². The summed E-state index contributed by atoms with van der Waals surface area (Å²) in [6.45, 7) is 3.73. The quantitative estimate of drug-likeness (QED) is 0.810.